The maximum Gasteiger partial charge on any atom is 0.188 e. The van der Waals surface area contributed by atoms with Crippen molar-refractivity contribution in [2.45, 2.75) is 63.8 Å². The Hall–Kier alpha value is -0.260. The molecule has 0 atom stereocenters. The molecule has 104 valence electrons. The van der Waals surface area contributed by atoms with E-state index in [1.54, 1.807) is 5.57 Å². The van der Waals surface area contributed by atoms with Crippen molar-refractivity contribution >= 4 is 29.9 Å². The molecule has 0 radical (unpaired) electrons. The van der Waals surface area contributed by atoms with Crippen molar-refractivity contribution in [2.75, 3.05) is 6.54 Å². The van der Waals surface area contributed by atoms with Crippen molar-refractivity contribution in [3.63, 3.8) is 0 Å². The summed E-state index contributed by atoms with van der Waals surface area (Å²) in [4.78, 5) is 4.42. The normalized spacial score (nSPS) is 21.3. The van der Waals surface area contributed by atoms with E-state index in [0.29, 0.717) is 12.0 Å². The molecule has 0 aliphatic heterocycles. The Morgan fingerprint density at radius 1 is 1.28 bits per heavy atom. The molecule has 0 spiro atoms. The van der Waals surface area contributed by atoms with Crippen molar-refractivity contribution in [3.05, 3.63) is 11.6 Å². The molecule has 0 amide bonds. The van der Waals surface area contributed by atoms with Gasteiger partial charge in [-0.15, -0.1) is 24.0 Å². The molecule has 2 aliphatic rings. The monoisotopic (exact) mass is 363 g/mol. The molecule has 1 fully saturated rings. The van der Waals surface area contributed by atoms with Crippen LogP contribution in [0.4, 0.5) is 0 Å². The minimum Gasteiger partial charge on any atom is -0.370 e. The number of nitrogens with one attached hydrogen (secondary N) is 1. The summed E-state index contributed by atoms with van der Waals surface area (Å²) >= 11 is 0. The summed E-state index contributed by atoms with van der Waals surface area (Å²) in [6.45, 7) is 0.845. The van der Waals surface area contributed by atoms with Gasteiger partial charge in [0.25, 0.3) is 0 Å². The number of aliphatic imine (C=N–C) groups is 1. The van der Waals surface area contributed by atoms with E-state index in [2.05, 4.69) is 16.4 Å². The molecule has 0 heterocycles. The summed E-state index contributed by atoms with van der Waals surface area (Å²) in [5.41, 5.74) is 7.47. The second-order valence-electron chi connectivity index (χ2n) is 5.25. The summed E-state index contributed by atoms with van der Waals surface area (Å²) in [5, 5.41) is 3.32. The van der Waals surface area contributed by atoms with E-state index in [1.807, 2.05) is 0 Å². The van der Waals surface area contributed by atoms with E-state index < -0.39 is 0 Å². The third-order valence-electron chi connectivity index (χ3n) is 3.81. The third-order valence-corrected chi connectivity index (χ3v) is 3.81. The lowest BCUT2D eigenvalue weighted by molar-refractivity contribution is 0.624. The lowest BCUT2D eigenvalue weighted by atomic mass is 9.97. The zero-order valence-electron chi connectivity index (χ0n) is 11.2. The highest BCUT2D eigenvalue weighted by Crippen LogP contribution is 2.20. The zero-order valence-corrected chi connectivity index (χ0v) is 13.5. The van der Waals surface area contributed by atoms with E-state index in [9.17, 15) is 0 Å². The van der Waals surface area contributed by atoms with Gasteiger partial charge >= 0.3 is 0 Å². The van der Waals surface area contributed by atoms with Gasteiger partial charge in [-0.25, -0.2) is 0 Å². The summed E-state index contributed by atoms with van der Waals surface area (Å²) in [6.07, 6.45) is 13.9. The Morgan fingerprint density at radius 2 is 2.06 bits per heavy atom. The molecule has 0 aromatic heterocycles. The molecule has 3 nitrogen and oxygen atoms in total. The van der Waals surface area contributed by atoms with Crippen LogP contribution in [0.15, 0.2) is 16.6 Å². The Bertz CT molecular complexity index is 293. The second-order valence-corrected chi connectivity index (χ2v) is 5.25. The molecule has 0 aromatic rings. The first-order valence-corrected chi connectivity index (χ1v) is 7.09. The van der Waals surface area contributed by atoms with Crippen LogP contribution in [0.1, 0.15) is 57.8 Å². The quantitative estimate of drug-likeness (QED) is 0.348. The van der Waals surface area contributed by atoms with E-state index in [4.69, 9.17) is 5.73 Å². The molecule has 2 rings (SSSR count). The van der Waals surface area contributed by atoms with Crippen LogP contribution in [0.3, 0.4) is 0 Å². The van der Waals surface area contributed by atoms with Crippen molar-refractivity contribution in [2.24, 2.45) is 10.7 Å². The highest BCUT2D eigenvalue weighted by Gasteiger charge is 2.14. The molecule has 4 heteroatoms. The number of rotatable bonds is 4. The van der Waals surface area contributed by atoms with Crippen LogP contribution in [0.5, 0.6) is 0 Å². The largest absolute Gasteiger partial charge is 0.370 e. The Balaban J connectivity index is 0.00000162. The molecule has 0 bridgehead atoms. The van der Waals surface area contributed by atoms with Gasteiger partial charge in [0, 0.05) is 12.6 Å². The van der Waals surface area contributed by atoms with E-state index in [1.165, 1.54) is 51.4 Å². The first-order chi connectivity index (χ1) is 8.34. The van der Waals surface area contributed by atoms with Gasteiger partial charge in [0.15, 0.2) is 5.96 Å². The molecule has 0 aromatic carbocycles. The minimum absolute atomic E-state index is 0. The smallest absolute Gasteiger partial charge is 0.188 e. The predicted molar refractivity (Wildman–Crippen MR) is 88.5 cm³/mol. The standard InChI is InChI=1S/C14H25N3.HI/c15-14(17-13-8-4-5-9-13)16-11-10-12-6-2-1-3-7-12;/h6,13H,1-5,7-11H2,(H3,15,16,17);1H. The first kappa shape index (κ1) is 15.8. The van der Waals surface area contributed by atoms with Crippen molar-refractivity contribution in [1.82, 2.24) is 5.32 Å². The summed E-state index contributed by atoms with van der Waals surface area (Å²) < 4.78 is 0. The SMILES string of the molecule is I.NC(=NCCC1=CCCCC1)NC1CCCC1. The van der Waals surface area contributed by atoms with Crippen LogP contribution in [-0.4, -0.2) is 18.5 Å². The fraction of sp³-hybridized carbons (Fsp3) is 0.786. The number of hydrogen-bond acceptors (Lipinski definition) is 1. The fourth-order valence-electron chi connectivity index (χ4n) is 2.78. The molecule has 2 aliphatic carbocycles. The van der Waals surface area contributed by atoms with Gasteiger partial charge in [-0.05, 0) is 44.9 Å². The van der Waals surface area contributed by atoms with E-state index in [-0.39, 0.29) is 24.0 Å². The number of allylic oxidation sites excluding steroid dienone is 1. The summed E-state index contributed by atoms with van der Waals surface area (Å²) in [5.74, 6) is 0.647. The molecule has 0 saturated heterocycles. The van der Waals surface area contributed by atoms with Gasteiger partial charge in [-0.2, -0.15) is 0 Å². The Morgan fingerprint density at radius 3 is 2.72 bits per heavy atom. The molecule has 1 saturated carbocycles. The molecular formula is C14H26IN3. The maximum absolute atomic E-state index is 5.89. The van der Waals surface area contributed by atoms with Crippen LogP contribution in [0.25, 0.3) is 0 Å². The van der Waals surface area contributed by atoms with Gasteiger partial charge in [-0.3, -0.25) is 4.99 Å². The zero-order chi connectivity index (χ0) is 11.9. The molecule has 3 N–H and O–H groups in total. The van der Waals surface area contributed by atoms with Crippen LogP contribution in [0, 0.1) is 0 Å². The fourth-order valence-corrected chi connectivity index (χ4v) is 2.78. The van der Waals surface area contributed by atoms with E-state index in [0.717, 1.165) is 13.0 Å². The lowest BCUT2D eigenvalue weighted by Gasteiger charge is -2.13. The highest BCUT2D eigenvalue weighted by molar-refractivity contribution is 14.0. The van der Waals surface area contributed by atoms with Gasteiger partial charge in [0.05, 0.1) is 0 Å². The lowest BCUT2D eigenvalue weighted by Crippen LogP contribution is -2.38. The van der Waals surface area contributed by atoms with Crippen LogP contribution >= 0.6 is 24.0 Å². The van der Waals surface area contributed by atoms with Crippen molar-refractivity contribution in [1.29, 1.82) is 0 Å². The van der Waals surface area contributed by atoms with Crippen LogP contribution in [0.2, 0.25) is 0 Å². The maximum atomic E-state index is 5.89. The number of halogens is 1. The molecule has 0 unspecified atom stereocenters. The molecular weight excluding hydrogens is 337 g/mol. The summed E-state index contributed by atoms with van der Waals surface area (Å²) in [7, 11) is 0. The molecule has 18 heavy (non-hydrogen) atoms. The van der Waals surface area contributed by atoms with Crippen LogP contribution < -0.4 is 11.1 Å². The Labute approximate surface area is 128 Å². The number of nitrogens with two attached hydrogens (primary N) is 1. The van der Waals surface area contributed by atoms with Gasteiger partial charge in [-0.1, -0.05) is 24.5 Å². The number of nitrogens with zero attached hydrogens (tertiary/aromatic N) is 1. The Kier molecular flexibility index (Phi) is 7.70. The minimum atomic E-state index is 0. The number of hydrogen-bond donors (Lipinski definition) is 2. The average molecular weight is 363 g/mol. The second kappa shape index (κ2) is 8.77. The summed E-state index contributed by atoms with van der Waals surface area (Å²) in [6, 6.07) is 0.577. The van der Waals surface area contributed by atoms with Crippen molar-refractivity contribution in [3.8, 4) is 0 Å². The van der Waals surface area contributed by atoms with E-state index >= 15 is 0 Å². The third kappa shape index (κ3) is 5.59. The van der Waals surface area contributed by atoms with Gasteiger partial charge in [0.1, 0.15) is 0 Å². The topological polar surface area (TPSA) is 50.4 Å². The highest BCUT2D eigenvalue weighted by atomic mass is 127. The van der Waals surface area contributed by atoms with Gasteiger partial charge < -0.3 is 11.1 Å². The van der Waals surface area contributed by atoms with Gasteiger partial charge in [0.2, 0.25) is 0 Å². The average Bonchev–Trinajstić information content (AvgIpc) is 2.83. The number of guanidine groups is 1. The van der Waals surface area contributed by atoms with Crippen molar-refractivity contribution < 1.29 is 0 Å². The predicted octanol–water partition coefficient (Wildman–Crippen LogP) is 3.34. The van der Waals surface area contributed by atoms with Crippen LogP contribution in [-0.2, 0) is 0 Å². The first-order valence-electron chi connectivity index (χ1n) is 7.09.